The van der Waals surface area contributed by atoms with Gasteiger partial charge in [0.15, 0.2) is 0 Å². The van der Waals surface area contributed by atoms with Crippen LogP contribution in [0.25, 0.3) is 0 Å². The summed E-state index contributed by atoms with van der Waals surface area (Å²) in [6.07, 6.45) is 4.51. The van der Waals surface area contributed by atoms with Crippen molar-refractivity contribution in [3.63, 3.8) is 0 Å². The van der Waals surface area contributed by atoms with E-state index in [0.29, 0.717) is 24.0 Å². The number of nitrogens with zero attached hydrogens (tertiary/aromatic N) is 3. The summed E-state index contributed by atoms with van der Waals surface area (Å²) in [5.74, 6) is 1.53. The Morgan fingerprint density at radius 1 is 1.38 bits per heavy atom. The van der Waals surface area contributed by atoms with Gasteiger partial charge in [0.25, 0.3) is 0 Å². The van der Waals surface area contributed by atoms with Gasteiger partial charge in [-0.3, -0.25) is 10.1 Å². The summed E-state index contributed by atoms with van der Waals surface area (Å²) in [7, 11) is 0. The third kappa shape index (κ3) is 4.03. The van der Waals surface area contributed by atoms with Crippen molar-refractivity contribution in [2.45, 2.75) is 52.5 Å². The van der Waals surface area contributed by atoms with Crippen LogP contribution in [0, 0.1) is 23.0 Å². The lowest BCUT2D eigenvalue weighted by Gasteiger charge is -2.18. The molecular formula is C14H23N5O2. The molecule has 116 valence electrons. The number of anilines is 2. The van der Waals surface area contributed by atoms with Crippen LogP contribution in [0.5, 0.6) is 0 Å². The molecule has 1 saturated carbocycles. The highest BCUT2D eigenvalue weighted by Crippen LogP contribution is 2.35. The quantitative estimate of drug-likeness (QED) is 0.565. The first-order valence-electron chi connectivity index (χ1n) is 7.58. The molecule has 1 fully saturated rings. The summed E-state index contributed by atoms with van der Waals surface area (Å²) in [5, 5.41) is 17.6. The number of rotatable bonds is 8. The van der Waals surface area contributed by atoms with E-state index in [9.17, 15) is 10.1 Å². The fourth-order valence-corrected chi connectivity index (χ4v) is 2.40. The molecule has 21 heavy (non-hydrogen) atoms. The van der Waals surface area contributed by atoms with E-state index in [2.05, 4.69) is 27.5 Å². The van der Waals surface area contributed by atoms with Gasteiger partial charge in [-0.25, -0.2) is 4.98 Å². The lowest BCUT2D eigenvalue weighted by atomic mass is 10.1. The van der Waals surface area contributed by atoms with Crippen LogP contribution in [0.15, 0.2) is 0 Å². The average Bonchev–Trinajstić information content (AvgIpc) is 3.21. The van der Waals surface area contributed by atoms with E-state index in [-0.39, 0.29) is 11.7 Å². The van der Waals surface area contributed by atoms with Gasteiger partial charge in [-0.1, -0.05) is 19.8 Å². The van der Waals surface area contributed by atoms with Crippen LogP contribution in [0.2, 0.25) is 0 Å². The topological polar surface area (TPSA) is 93.0 Å². The Hall–Kier alpha value is -1.92. The Morgan fingerprint density at radius 3 is 2.62 bits per heavy atom. The van der Waals surface area contributed by atoms with E-state index < -0.39 is 4.92 Å². The summed E-state index contributed by atoms with van der Waals surface area (Å²) >= 11 is 0. The van der Waals surface area contributed by atoms with E-state index in [1.54, 1.807) is 6.92 Å². The molecule has 0 aromatic carbocycles. The summed E-state index contributed by atoms with van der Waals surface area (Å²) in [5.41, 5.74) is 0.362. The van der Waals surface area contributed by atoms with Gasteiger partial charge in [-0.05, 0) is 32.6 Å². The zero-order chi connectivity index (χ0) is 15.4. The Bertz CT molecular complexity index is 516. The molecule has 0 bridgehead atoms. The molecule has 2 rings (SSSR count). The largest absolute Gasteiger partial charge is 0.361 e. The van der Waals surface area contributed by atoms with Gasteiger partial charge >= 0.3 is 5.69 Å². The second kappa shape index (κ2) is 6.69. The van der Waals surface area contributed by atoms with Gasteiger partial charge in [0.2, 0.25) is 11.8 Å². The number of aromatic nitrogens is 2. The molecule has 0 spiro atoms. The van der Waals surface area contributed by atoms with Crippen molar-refractivity contribution < 1.29 is 4.92 Å². The van der Waals surface area contributed by atoms with Crippen LogP contribution >= 0.6 is 0 Å². The van der Waals surface area contributed by atoms with Gasteiger partial charge in [-0.2, -0.15) is 4.98 Å². The number of hydrogen-bond acceptors (Lipinski definition) is 6. The van der Waals surface area contributed by atoms with E-state index >= 15 is 0 Å². The normalized spacial score (nSPS) is 15.6. The van der Waals surface area contributed by atoms with Gasteiger partial charge < -0.3 is 10.6 Å². The van der Waals surface area contributed by atoms with Crippen molar-refractivity contribution in [3.05, 3.63) is 15.8 Å². The molecule has 0 aliphatic heterocycles. The molecule has 1 heterocycles. The predicted molar refractivity (Wildman–Crippen MR) is 82.6 cm³/mol. The van der Waals surface area contributed by atoms with E-state index in [1.165, 1.54) is 12.8 Å². The van der Waals surface area contributed by atoms with Crippen molar-refractivity contribution >= 4 is 17.5 Å². The molecule has 0 amide bonds. The predicted octanol–water partition coefficient (Wildman–Crippen LogP) is 3.12. The maximum atomic E-state index is 11.3. The Balaban J connectivity index is 2.26. The number of aryl methyl sites for hydroxylation is 1. The molecule has 1 unspecified atom stereocenters. The molecular weight excluding hydrogens is 270 g/mol. The first-order chi connectivity index (χ1) is 10.0. The maximum Gasteiger partial charge on any atom is 0.332 e. The third-order valence-electron chi connectivity index (χ3n) is 3.72. The summed E-state index contributed by atoms with van der Waals surface area (Å²) < 4.78 is 0. The van der Waals surface area contributed by atoms with Gasteiger partial charge in [0.1, 0.15) is 5.69 Å². The second-order valence-electron chi connectivity index (χ2n) is 5.55. The van der Waals surface area contributed by atoms with Gasteiger partial charge in [0.05, 0.1) is 4.92 Å². The third-order valence-corrected chi connectivity index (χ3v) is 3.72. The van der Waals surface area contributed by atoms with E-state index in [4.69, 9.17) is 0 Å². The SMILES string of the molecule is CCNc1nc(C)c([N+](=O)[O-])c(NC(CC)CC2CC2)n1. The van der Waals surface area contributed by atoms with Crippen LogP contribution in [-0.4, -0.2) is 27.5 Å². The molecule has 7 nitrogen and oxygen atoms in total. The fourth-order valence-electron chi connectivity index (χ4n) is 2.40. The summed E-state index contributed by atoms with van der Waals surface area (Å²) in [6.45, 7) is 6.35. The zero-order valence-electron chi connectivity index (χ0n) is 12.8. The molecule has 0 radical (unpaired) electrons. The standard InChI is InChI=1S/C14H23N5O2/c1-4-11(8-10-6-7-10)17-13-12(19(20)21)9(3)16-14(18-13)15-5-2/h10-11H,4-8H2,1-3H3,(H2,15,16,17,18). The van der Waals surface area contributed by atoms with Gasteiger partial charge in [-0.15, -0.1) is 0 Å². The highest BCUT2D eigenvalue weighted by Gasteiger charge is 2.28. The highest BCUT2D eigenvalue weighted by molar-refractivity contribution is 5.61. The molecule has 1 atom stereocenters. The number of nitrogens with one attached hydrogen (secondary N) is 2. The smallest absolute Gasteiger partial charge is 0.332 e. The molecule has 0 saturated heterocycles. The Labute approximate surface area is 124 Å². The van der Waals surface area contributed by atoms with Crippen LogP contribution < -0.4 is 10.6 Å². The highest BCUT2D eigenvalue weighted by atomic mass is 16.6. The summed E-state index contributed by atoms with van der Waals surface area (Å²) in [4.78, 5) is 19.3. The number of nitro groups is 1. The van der Waals surface area contributed by atoms with Gasteiger partial charge in [0, 0.05) is 12.6 Å². The Morgan fingerprint density at radius 2 is 2.10 bits per heavy atom. The minimum atomic E-state index is -0.406. The average molecular weight is 293 g/mol. The molecule has 2 N–H and O–H groups in total. The first-order valence-corrected chi connectivity index (χ1v) is 7.58. The first kappa shape index (κ1) is 15.5. The van der Waals surface area contributed by atoms with Crippen molar-refractivity contribution in [3.8, 4) is 0 Å². The van der Waals surface area contributed by atoms with Crippen molar-refractivity contribution in [1.82, 2.24) is 9.97 Å². The minimum Gasteiger partial charge on any atom is -0.361 e. The summed E-state index contributed by atoms with van der Waals surface area (Å²) in [6, 6.07) is 0.222. The second-order valence-corrected chi connectivity index (χ2v) is 5.55. The molecule has 1 aromatic rings. The fraction of sp³-hybridized carbons (Fsp3) is 0.714. The zero-order valence-corrected chi connectivity index (χ0v) is 12.8. The van der Waals surface area contributed by atoms with Crippen molar-refractivity contribution in [2.75, 3.05) is 17.2 Å². The lowest BCUT2D eigenvalue weighted by molar-refractivity contribution is -0.385. The van der Waals surface area contributed by atoms with Crippen LogP contribution in [0.4, 0.5) is 17.5 Å². The minimum absolute atomic E-state index is 0.0223. The monoisotopic (exact) mass is 293 g/mol. The molecule has 1 aliphatic carbocycles. The molecule has 1 aliphatic rings. The van der Waals surface area contributed by atoms with Crippen molar-refractivity contribution in [2.24, 2.45) is 5.92 Å². The molecule has 7 heteroatoms. The van der Waals surface area contributed by atoms with E-state index in [0.717, 1.165) is 18.8 Å². The van der Waals surface area contributed by atoms with Crippen LogP contribution in [-0.2, 0) is 0 Å². The van der Waals surface area contributed by atoms with E-state index in [1.807, 2.05) is 6.92 Å². The van der Waals surface area contributed by atoms with Crippen molar-refractivity contribution in [1.29, 1.82) is 0 Å². The van der Waals surface area contributed by atoms with Crippen LogP contribution in [0.1, 0.15) is 45.2 Å². The van der Waals surface area contributed by atoms with Crippen LogP contribution in [0.3, 0.4) is 0 Å². The Kier molecular flexibility index (Phi) is 4.93. The number of hydrogen-bond donors (Lipinski definition) is 2. The maximum absolute atomic E-state index is 11.3. The lowest BCUT2D eigenvalue weighted by Crippen LogP contribution is -2.21. The molecule has 1 aromatic heterocycles.